The summed E-state index contributed by atoms with van der Waals surface area (Å²) in [5.74, 6) is 0. The van der Waals surface area contributed by atoms with Crippen LogP contribution in [0.25, 0.3) is 0 Å². The summed E-state index contributed by atoms with van der Waals surface area (Å²) in [6.45, 7) is 4.50. The van der Waals surface area contributed by atoms with Gasteiger partial charge in [-0.05, 0) is 19.3 Å². The molecule has 0 amide bonds. The zero-order chi connectivity index (χ0) is 7.90. The molecule has 1 nitrogen and oxygen atoms in total. The number of rotatable bonds is 2. The second-order valence-electron chi connectivity index (χ2n) is 3.55. The summed E-state index contributed by atoms with van der Waals surface area (Å²) in [5.41, 5.74) is 0.470. The van der Waals surface area contributed by atoms with E-state index in [1.807, 2.05) is 17.5 Å². The van der Waals surface area contributed by atoms with Crippen LogP contribution in [-0.4, -0.2) is 4.98 Å². The molecule has 0 aromatic carbocycles. The van der Waals surface area contributed by atoms with E-state index in [9.17, 15) is 0 Å². The fourth-order valence-electron chi connectivity index (χ4n) is 1.15. The number of aryl methyl sites for hydroxylation is 1. The molecule has 0 atom stereocenters. The minimum atomic E-state index is 0.470. The summed E-state index contributed by atoms with van der Waals surface area (Å²) in [6.07, 6.45) is 5.84. The largest absolute Gasteiger partial charge is 0.249 e. The van der Waals surface area contributed by atoms with Gasteiger partial charge in [-0.1, -0.05) is 13.8 Å². The van der Waals surface area contributed by atoms with Gasteiger partial charge >= 0.3 is 0 Å². The first-order chi connectivity index (χ1) is 5.24. The molecule has 1 heterocycles. The smallest absolute Gasteiger partial charge is 0.0986 e. The molecule has 0 spiro atoms. The highest BCUT2D eigenvalue weighted by Crippen LogP contribution is 2.48. The van der Waals surface area contributed by atoms with Gasteiger partial charge in [0.15, 0.2) is 0 Å². The van der Waals surface area contributed by atoms with Gasteiger partial charge in [-0.2, -0.15) is 0 Å². The maximum absolute atomic E-state index is 4.44. The normalized spacial score (nSPS) is 20.2. The van der Waals surface area contributed by atoms with Crippen molar-refractivity contribution in [3.63, 3.8) is 0 Å². The molecule has 2 rings (SSSR count). The van der Waals surface area contributed by atoms with E-state index in [2.05, 4.69) is 18.8 Å². The number of thiazole rings is 1. The monoisotopic (exact) mass is 167 g/mol. The van der Waals surface area contributed by atoms with Crippen LogP contribution in [0.5, 0.6) is 0 Å². The summed E-state index contributed by atoms with van der Waals surface area (Å²) in [5, 5.41) is 1.36. The van der Waals surface area contributed by atoms with Crippen molar-refractivity contribution in [2.24, 2.45) is 0 Å². The molecule has 0 unspecified atom stereocenters. The van der Waals surface area contributed by atoms with Crippen molar-refractivity contribution in [1.82, 2.24) is 4.98 Å². The van der Waals surface area contributed by atoms with Crippen LogP contribution >= 0.6 is 11.3 Å². The van der Waals surface area contributed by atoms with Crippen LogP contribution in [0.1, 0.15) is 36.6 Å². The van der Waals surface area contributed by atoms with Gasteiger partial charge in [0.1, 0.15) is 0 Å². The van der Waals surface area contributed by atoms with Gasteiger partial charge in [0.25, 0.3) is 0 Å². The lowest BCUT2D eigenvalue weighted by Gasteiger charge is -1.99. The SMILES string of the molecule is CCc1cnc(C2(C)CC2)s1. The third-order valence-electron chi connectivity index (χ3n) is 2.42. The van der Waals surface area contributed by atoms with E-state index >= 15 is 0 Å². The van der Waals surface area contributed by atoms with E-state index in [1.54, 1.807) is 0 Å². The molecular weight excluding hydrogens is 154 g/mol. The Balaban J connectivity index is 2.25. The predicted octanol–water partition coefficient (Wildman–Crippen LogP) is 2.76. The maximum Gasteiger partial charge on any atom is 0.0986 e. The van der Waals surface area contributed by atoms with E-state index in [4.69, 9.17) is 0 Å². The lowest BCUT2D eigenvalue weighted by atomic mass is 10.2. The third kappa shape index (κ3) is 1.20. The predicted molar refractivity (Wildman–Crippen MR) is 48.1 cm³/mol. The fourth-order valence-corrected chi connectivity index (χ4v) is 2.21. The van der Waals surface area contributed by atoms with E-state index in [0.717, 1.165) is 6.42 Å². The molecule has 1 aliphatic rings. The molecule has 2 heteroatoms. The number of hydrogen-bond acceptors (Lipinski definition) is 2. The molecule has 1 saturated carbocycles. The molecule has 0 bridgehead atoms. The van der Waals surface area contributed by atoms with E-state index < -0.39 is 0 Å². The summed E-state index contributed by atoms with van der Waals surface area (Å²) < 4.78 is 0. The van der Waals surface area contributed by atoms with Crippen LogP contribution in [0, 0.1) is 0 Å². The molecular formula is C9H13NS. The van der Waals surface area contributed by atoms with E-state index in [0.29, 0.717) is 5.41 Å². The van der Waals surface area contributed by atoms with Gasteiger partial charge in [0, 0.05) is 16.5 Å². The highest BCUT2D eigenvalue weighted by molar-refractivity contribution is 7.11. The zero-order valence-corrected chi connectivity index (χ0v) is 7.87. The van der Waals surface area contributed by atoms with Crippen molar-refractivity contribution < 1.29 is 0 Å². The standard InChI is InChI=1S/C9H13NS/c1-3-7-6-10-8(11-7)9(2)4-5-9/h6H,3-5H2,1-2H3. The Bertz CT molecular complexity index is 260. The van der Waals surface area contributed by atoms with Gasteiger partial charge < -0.3 is 0 Å². The van der Waals surface area contributed by atoms with Crippen molar-refractivity contribution in [3.8, 4) is 0 Å². The molecule has 0 aliphatic heterocycles. The van der Waals surface area contributed by atoms with Crippen molar-refractivity contribution >= 4 is 11.3 Å². The Labute approximate surface area is 71.5 Å². The van der Waals surface area contributed by atoms with E-state index in [1.165, 1.54) is 22.7 Å². The Hall–Kier alpha value is -0.370. The highest BCUT2D eigenvalue weighted by atomic mass is 32.1. The Morgan fingerprint density at radius 2 is 2.36 bits per heavy atom. The van der Waals surface area contributed by atoms with Crippen molar-refractivity contribution in [2.45, 2.75) is 38.5 Å². The number of hydrogen-bond donors (Lipinski definition) is 0. The molecule has 1 aromatic rings. The quantitative estimate of drug-likeness (QED) is 0.660. The maximum atomic E-state index is 4.44. The molecule has 11 heavy (non-hydrogen) atoms. The minimum absolute atomic E-state index is 0.470. The molecule has 1 aromatic heterocycles. The minimum Gasteiger partial charge on any atom is -0.249 e. The number of nitrogens with zero attached hydrogens (tertiary/aromatic N) is 1. The topological polar surface area (TPSA) is 12.9 Å². The molecule has 0 radical (unpaired) electrons. The summed E-state index contributed by atoms with van der Waals surface area (Å²) in [7, 11) is 0. The zero-order valence-electron chi connectivity index (χ0n) is 7.05. The third-order valence-corrected chi connectivity index (χ3v) is 3.87. The summed E-state index contributed by atoms with van der Waals surface area (Å²) >= 11 is 1.89. The van der Waals surface area contributed by atoms with Crippen molar-refractivity contribution in [3.05, 3.63) is 16.1 Å². The highest BCUT2D eigenvalue weighted by Gasteiger charge is 2.41. The second kappa shape index (κ2) is 2.31. The van der Waals surface area contributed by atoms with Gasteiger partial charge in [-0.15, -0.1) is 11.3 Å². The average molecular weight is 167 g/mol. The molecule has 0 N–H and O–H groups in total. The van der Waals surface area contributed by atoms with Crippen molar-refractivity contribution in [1.29, 1.82) is 0 Å². The summed E-state index contributed by atoms with van der Waals surface area (Å²) in [6, 6.07) is 0. The van der Waals surface area contributed by atoms with E-state index in [-0.39, 0.29) is 0 Å². The van der Waals surface area contributed by atoms with Gasteiger partial charge in [-0.25, -0.2) is 4.98 Å². The van der Waals surface area contributed by atoms with Crippen LogP contribution in [0.4, 0.5) is 0 Å². The second-order valence-corrected chi connectivity index (χ2v) is 4.66. The Morgan fingerprint density at radius 1 is 1.64 bits per heavy atom. The van der Waals surface area contributed by atoms with Gasteiger partial charge in [-0.3, -0.25) is 0 Å². The fraction of sp³-hybridized carbons (Fsp3) is 0.667. The van der Waals surface area contributed by atoms with Crippen LogP contribution in [-0.2, 0) is 11.8 Å². The molecule has 0 saturated heterocycles. The summed E-state index contributed by atoms with van der Waals surface area (Å²) in [4.78, 5) is 5.86. The van der Waals surface area contributed by atoms with Crippen molar-refractivity contribution in [2.75, 3.05) is 0 Å². The average Bonchev–Trinajstić information content (AvgIpc) is 2.61. The first-order valence-electron chi connectivity index (χ1n) is 4.20. The first-order valence-corrected chi connectivity index (χ1v) is 5.01. The molecule has 60 valence electrons. The lowest BCUT2D eigenvalue weighted by Crippen LogP contribution is -1.96. The van der Waals surface area contributed by atoms with Crippen LogP contribution in [0.15, 0.2) is 6.20 Å². The van der Waals surface area contributed by atoms with Crippen LogP contribution in [0.3, 0.4) is 0 Å². The lowest BCUT2D eigenvalue weighted by molar-refractivity contribution is 0.776. The van der Waals surface area contributed by atoms with Gasteiger partial charge in [0.05, 0.1) is 5.01 Å². The molecule has 1 aliphatic carbocycles. The van der Waals surface area contributed by atoms with Crippen LogP contribution in [0.2, 0.25) is 0 Å². The number of aromatic nitrogens is 1. The van der Waals surface area contributed by atoms with Gasteiger partial charge in [0.2, 0.25) is 0 Å². The molecule has 1 fully saturated rings. The van der Waals surface area contributed by atoms with Crippen LogP contribution < -0.4 is 0 Å². The Kier molecular flexibility index (Phi) is 1.53. The Morgan fingerprint density at radius 3 is 2.82 bits per heavy atom. The first kappa shape index (κ1) is 7.29.